The van der Waals surface area contributed by atoms with Crippen LogP contribution >= 0.6 is 15.9 Å². The Morgan fingerprint density at radius 1 is 1.45 bits per heavy atom. The first kappa shape index (κ1) is 15.3. The summed E-state index contributed by atoms with van der Waals surface area (Å²) in [6.45, 7) is 6.27. The molecule has 1 aromatic rings. The molecule has 1 fully saturated rings. The van der Waals surface area contributed by atoms with Gasteiger partial charge in [0.2, 0.25) is 0 Å². The fraction of sp³-hybridized carbons (Fsp3) is 0.438. The van der Waals surface area contributed by atoms with Crippen molar-refractivity contribution in [2.45, 2.75) is 39.0 Å². The van der Waals surface area contributed by atoms with Gasteiger partial charge in [0.15, 0.2) is 0 Å². The monoisotopic (exact) mass is 337 g/mol. The van der Waals surface area contributed by atoms with E-state index in [1.807, 2.05) is 43.9 Å². The Balaban J connectivity index is 2.22. The van der Waals surface area contributed by atoms with Crippen molar-refractivity contribution in [1.82, 2.24) is 4.90 Å². The number of hydrogen-bond donors (Lipinski definition) is 0. The summed E-state index contributed by atoms with van der Waals surface area (Å²) in [5, 5.41) is 0. The first-order chi connectivity index (χ1) is 9.45. The Kier molecular flexibility index (Phi) is 4.66. The number of ether oxygens (including phenoxy) is 1. The van der Waals surface area contributed by atoms with E-state index in [-0.39, 0.29) is 11.9 Å². The maximum absolute atomic E-state index is 12.5. The second kappa shape index (κ2) is 6.10. The van der Waals surface area contributed by atoms with Gasteiger partial charge in [-0.2, -0.15) is 0 Å². The van der Waals surface area contributed by atoms with Crippen molar-refractivity contribution in [2.24, 2.45) is 0 Å². The minimum Gasteiger partial charge on any atom is -0.354 e. The summed E-state index contributed by atoms with van der Waals surface area (Å²) in [7, 11) is 0. The topological polar surface area (TPSA) is 29.5 Å². The molecular formula is C16H20BrNO2. The second-order valence-electron chi connectivity index (χ2n) is 5.57. The molecule has 1 amide bonds. The van der Waals surface area contributed by atoms with Gasteiger partial charge in [0.1, 0.15) is 5.72 Å². The van der Waals surface area contributed by atoms with Crippen LogP contribution in [0.4, 0.5) is 0 Å². The van der Waals surface area contributed by atoms with Gasteiger partial charge >= 0.3 is 0 Å². The summed E-state index contributed by atoms with van der Waals surface area (Å²) in [5.41, 5.74) is 1.34. The summed E-state index contributed by atoms with van der Waals surface area (Å²) < 4.78 is 5.82. The summed E-state index contributed by atoms with van der Waals surface area (Å²) in [6, 6.07) is 10.3. The maximum Gasteiger partial charge on any atom is 0.252 e. The fourth-order valence-corrected chi connectivity index (χ4v) is 2.76. The highest BCUT2D eigenvalue weighted by molar-refractivity contribution is 9.11. The summed E-state index contributed by atoms with van der Waals surface area (Å²) >= 11 is 3.24. The quantitative estimate of drug-likeness (QED) is 0.790. The summed E-state index contributed by atoms with van der Waals surface area (Å²) in [6.07, 6.45) is 0.811. The number of halogens is 1. The van der Waals surface area contributed by atoms with Gasteiger partial charge in [0.05, 0.1) is 12.6 Å². The van der Waals surface area contributed by atoms with Crippen LogP contribution in [-0.2, 0) is 16.0 Å². The molecule has 0 aromatic heterocycles. The van der Waals surface area contributed by atoms with Gasteiger partial charge < -0.3 is 9.64 Å². The fourth-order valence-electron chi connectivity index (χ4n) is 2.57. The lowest BCUT2D eigenvalue weighted by Gasteiger charge is -2.34. The van der Waals surface area contributed by atoms with Crippen molar-refractivity contribution in [3.63, 3.8) is 0 Å². The zero-order valence-corrected chi connectivity index (χ0v) is 13.7. The average molecular weight is 338 g/mol. The number of amides is 1. The van der Waals surface area contributed by atoms with E-state index in [0.717, 1.165) is 6.42 Å². The number of benzene rings is 1. The minimum atomic E-state index is -0.562. The highest BCUT2D eigenvalue weighted by Crippen LogP contribution is 2.30. The van der Waals surface area contributed by atoms with Crippen molar-refractivity contribution < 1.29 is 9.53 Å². The zero-order valence-electron chi connectivity index (χ0n) is 12.1. The van der Waals surface area contributed by atoms with Crippen molar-refractivity contribution in [1.29, 1.82) is 0 Å². The minimum absolute atomic E-state index is 0.0188. The van der Waals surface area contributed by atoms with Crippen LogP contribution in [0.25, 0.3) is 0 Å². The van der Waals surface area contributed by atoms with Gasteiger partial charge in [-0.15, -0.1) is 0 Å². The molecular weight excluding hydrogens is 318 g/mol. The molecule has 0 N–H and O–H groups in total. The van der Waals surface area contributed by atoms with Crippen LogP contribution in [0.3, 0.4) is 0 Å². The van der Waals surface area contributed by atoms with Gasteiger partial charge in [0.25, 0.3) is 5.91 Å². The number of hydrogen-bond acceptors (Lipinski definition) is 2. The third-order valence-electron chi connectivity index (χ3n) is 3.61. The lowest BCUT2D eigenvalue weighted by Crippen LogP contribution is -2.48. The van der Waals surface area contributed by atoms with Crippen LogP contribution in [0.1, 0.15) is 26.3 Å². The van der Waals surface area contributed by atoms with Crippen LogP contribution in [0.2, 0.25) is 0 Å². The number of rotatable bonds is 3. The third kappa shape index (κ3) is 3.13. The molecule has 0 unspecified atom stereocenters. The first-order valence-corrected chi connectivity index (χ1v) is 7.66. The highest BCUT2D eigenvalue weighted by Gasteiger charge is 2.43. The van der Waals surface area contributed by atoms with E-state index < -0.39 is 5.72 Å². The van der Waals surface area contributed by atoms with Crippen LogP contribution in [0, 0.1) is 0 Å². The van der Waals surface area contributed by atoms with E-state index in [0.29, 0.717) is 12.2 Å². The van der Waals surface area contributed by atoms with E-state index in [2.05, 4.69) is 28.1 Å². The van der Waals surface area contributed by atoms with Crippen LogP contribution < -0.4 is 0 Å². The van der Waals surface area contributed by atoms with Gasteiger partial charge in [-0.25, -0.2) is 0 Å². The molecule has 20 heavy (non-hydrogen) atoms. The van der Waals surface area contributed by atoms with Crippen molar-refractivity contribution >= 4 is 21.8 Å². The van der Waals surface area contributed by atoms with Gasteiger partial charge in [-0.3, -0.25) is 4.79 Å². The SMILES string of the molecule is CC(=CBr)C(=O)N1[C@@H](Cc2ccccc2)COC1(C)C. The zero-order chi connectivity index (χ0) is 14.8. The summed E-state index contributed by atoms with van der Waals surface area (Å²) in [4.78, 5) is 16.1. The largest absolute Gasteiger partial charge is 0.354 e. The molecule has 2 rings (SSSR count). The van der Waals surface area contributed by atoms with E-state index in [1.54, 1.807) is 4.99 Å². The Hall–Kier alpha value is -1.13. The molecule has 1 atom stereocenters. The molecule has 0 saturated carbocycles. The Morgan fingerprint density at radius 3 is 2.70 bits per heavy atom. The molecule has 0 spiro atoms. The van der Waals surface area contributed by atoms with Gasteiger partial charge in [-0.05, 0) is 37.7 Å². The van der Waals surface area contributed by atoms with E-state index in [4.69, 9.17) is 4.74 Å². The van der Waals surface area contributed by atoms with E-state index >= 15 is 0 Å². The maximum atomic E-state index is 12.5. The third-order valence-corrected chi connectivity index (χ3v) is 4.29. The molecule has 0 bridgehead atoms. The molecule has 1 aromatic carbocycles. The second-order valence-corrected chi connectivity index (χ2v) is 6.03. The Bertz CT molecular complexity index is 510. The Morgan fingerprint density at radius 2 is 2.10 bits per heavy atom. The number of nitrogens with zero attached hydrogens (tertiary/aromatic N) is 1. The van der Waals surface area contributed by atoms with E-state index in [1.165, 1.54) is 5.56 Å². The molecule has 1 aliphatic rings. The number of carbonyl (C=O) groups excluding carboxylic acids is 1. The van der Waals surface area contributed by atoms with Gasteiger partial charge in [0, 0.05) is 5.57 Å². The van der Waals surface area contributed by atoms with Gasteiger partial charge in [-0.1, -0.05) is 46.3 Å². The molecule has 0 radical (unpaired) electrons. The standard InChI is InChI=1S/C16H20BrNO2/c1-12(10-17)15(19)18-14(11-20-16(18,2)3)9-13-7-5-4-6-8-13/h4-8,10,14H,9,11H2,1-3H3/t14-/m0/s1. The smallest absolute Gasteiger partial charge is 0.252 e. The molecule has 4 heteroatoms. The first-order valence-electron chi connectivity index (χ1n) is 6.74. The molecule has 0 aliphatic carbocycles. The predicted molar refractivity (Wildman–Crippen MR) is 83.5 cm³/mol. The lowest BCUT2D eigenvalue weighted by molar-refractivity contribution is -0.141. The molecule has 1 heterocycles. The molecule has 1 aliphatic heterocycles. The predicted octanol–water partition coefficient (Wildman–Crippen LogP) is 3.49. The van der Waals surface area contributed by atoms with Crippen molar-refractivity contribution in [3.8, 4) is 0 Å². The van der Waals surface area contributed by atoms with Crippen LogP contribution in [0.5, 0.6) is 0 Å². The molecule has 108 valence electrons. The molecule has 1 saturated heterocycles. The van der Waals surface area contributed by atoms with Crippen molar-refractivity contribution in [3.05, 3.63) is 46.5 Å². The van der Waals surface area contributed by atoms with Crippen LogP contribution in [-0.4, -0.2) is 29.2 Å². The van der Waals surface area contributed by atoms with Crippen molar-refractivity contribution in [2.75, 3.05) is 6.61 Å². The summed E-state index contributed by atoms with van der Waals surface area (Å²) in [5.74, 6) is 0.0188. The Labute approximate surface area is 128 Å². The molecule has 3 nitrogen and oxygen atoms in total. The average Bonchev–Trinajstić information content (AvgIpc) is 2.73. The number of carbonyl (C=O) groups is 1. The normalized spacial score (nSPS) is 22.1. The lowest BCUT2D eigenvalue weighted by atomic mass is 10.0. The highest BCUT2D eigenvalue weighted by atomic mass is 79.9. The van der Waals surface area contributed by atoms with Crippen LogP contribution in [0.15, 0.2) is 40.9 Å². The van der Waals surface area contributed by atoms with E-state index in [9.17, 15) is 4.79 Å².